The third-order valence-electron chi connectivity index (χ3n) is 6.84. The molecule has 1 aromatic heterocycles. The number of fused-ring (bicyclic) bond motifs is 1. The maximum Gasteiger partial charge on any atom is 0.244 e. The minimum atomic E-state index is 0.245. The average molecular weight is 389 g/mol. The van der Waals surface area contributed by atoms with Crippen molar-refractivity contribution in [3.63, 3.8) is 0 Å². The van der Waals surface area contributed by atoms with Crippen molar-refractivity contribution in [3.8, 4) is 0 Å². The molecule has 2 fully saturated rings. The zero-order chi connectivity index (χ0) is 19.5. The van der Waals surface area contributed by atoms with Gasteiger partial charge in [0.05, 0.1) is 5.69 Å². The topological polar surface area (TPSA) is 47.9 Å². The van der Waals surface area contributed by atoms with Crippen molar-refractivity contribution in [2.45, 2.75) is 45.7 Å². The van der Waals surface area contributed by atoms with Crippen LogP contribution in [0, 0.1) is 6.92 Å². The fraction of sp³-hybridized carbons (Fsp3) is 0.810. The lowest BCUT2D eigenvalue weighted by Crippen LogP contribution is -2.51. The normalized spacial score (nSPS) is 23.8. The predicted molar refractivity (Wildman–Crippen MR) is 110 cm³/mol. The summed E-state index contributed by atoms with van der Waals surface area (Å²) >= 11 is 0. The Balaban J connectivity index is 1.21. The zero-order valence-electron chi connectivity index (χ0n) is 17.6. The summed E-state index contributed by atoms with van der Waals surface area (Å²) in [4.78, 5) is 22.7. The summed E-state index contributed by atoms with van der Waals surface area (Å²) in [6.45, 7) is 16.1. The highest BCUT2D eigenvalue weighted by Gasteiger charge is 2.30. The molecule has 156 valence electrons. The Morgan fingerprint density at radius 3 is 2.29 bits per heavy atom. The maximum absolute atomic E-state index is 12.8. The van der Waals surface area contributed by atoms with E-state index in [0.717, 1.165) is 44.6 Å². The molecule has 1 amide bonds. The molecule has 1 aromatic rings. The zero-order valence-corrected chi connectivity index (χ0v) is 17.6. The van der Waals surface area contributed by atoms with Gasteiger partial charge in [0.25, 0.3) is 0 Å². The maximum atomic E-state index is 12.8. The number of piperidine rings is 1. The molecule has 7 nitrogen and oxygen atoms in total. The molecule has 3 aliphatic rings. The Morgan fingerprint density at radius 1 is 0.964 bits per heavy atom. The quantitative estimate of drug-likeness (QED) is 0.742. The van der Waals surface area contributed by atoms with Crippen molar-refractivity contribution in [2.24, 2.45) is 0 Å². The van der Waals surface area contributed by atoms with E-state index in [1.165, 1.54) is 51.5 Å². The van der Waals surface area contributed by atoms with E-state index in [1.54, 1.807) is 0 Å². The van der Waals surface area contributed by atoms with Gasteiger partial charge in [0.2, 0.25) is 5.91 Å². The molecule has 2 saturated heterocycles. The van der Waals surface area contributed by atoms with Gasteiger partial charge >= 0.3 is 0 Å². The largest absolute Gasteiger partial charge is 0.338 e. The second-order valence-electron chi connectivity index (χ2n) is 8.62. The fourth-order valence-corrected chi connectivity index (χ4v) is 4.97. The lowest BCUT2D eigenvalue weighted by atomic mass is 10.0. The number of aromatic nitrogens is 2. The van der Waals surface area contributed by atoms with Gasteiger partial charge in [0, 0.05) is 77.1 Å². The number of nitrogens with zero attached hydrogens (tertiary/aromatic N) is 6. The molecule has 0 aromatic carbocycles. The lowest BCUT2D eigenvalue weighted by Gasteiger charge is -2.39. The van der Waals surface area contributed by atoms with E-state index >= 15 is 0 Å². The molecule has 0 saturated carbocycles. The number of aryl methyl sites for hydroxylation is 1. The van der Waals surface area contributed by atoms with Crippen LogP contribution >= 0.6 is 0 Å². The van der Waals surface area contributed by atoms with E-state index in [1.807, 2.05) is 11.6 Å². The van der Waals surface area contributed by atoms with Gasteiger partial charge < -0.3 is 14.7 Å². The van der Waals surface area contributed by atoms with E-state index in [4.69, 9.17) is 0 Å². The first-order chi connectivity index (χ1) is 13.6. The van der Waals surface area contributed by atoms with Crippen LogP contribution in [0.4, 0.5) is 0 Å². The van der Waals surface area contributed by atoms with Crippen molar-refractivity contribution in [1.82, 2.24) is 29.4 Å². The first kappa shape index (κ1) is 19.9. The number of likely N-dealkylation sites (N-methyl/N-ethyl adjacent to an activating group) is 1. The minimum absolute atomic E-state index is 0.245. The first-order valence-corrected chi connectivity index (χ1v) is 11.1. The van der Waals surface area contributed by atoms with Gasteiger partial charge in [-0.1, -0.05) is 6.92 Å². The Hall–Kier alpha value is -1.44. The van der Waals surface area contributed by atoms with Gasteiger partial charge in [-0.05, 0) is 32.4 Å². The van der Waals surface area contributed by atoms with Crippen LogP contribution in [-0.2, 0) is 17.8 Å². The molecule has 7 heteroatoms. The Bertz CT molecular complexity index is 658. The van der Waals surface area contributed by atoms with Gasteiger partial charge in [0.1, 0.15) is 6.54 Å². The van der Waals surface area contributed by atoms with Crippen LogP contribution in [0.3, 0.4) is 0 Å². The molecule has 4 rings (SSSR count). The monoisotopic (exact) mass is 388 g/mol. The van der Waals surface area contributed by atoms with Crippen LogP contribution in [0.2, 0.25) is 0 Å². The molecule has 3 aliphatic heterocycles. The highest BCUT2D eigenvalue weighted by atomic mass is 16.2. The molecule has 0 atom stereocenters. The van der Waals surface area contributed by atoms with Crippen LogP contribution in [-0.4, -0.2) is 107 Å². The highest BCUT2D eigenvalue weighted by molar-refractivity contribution is 5.76. The first-order valence-electron chi connectivity index (χ1n) is 11.1. The van der Waals surface area contributed by atoms with E-state index in [-0.39, 0.29) is 5.91 Å². The number of hydrogen-bond acceptors (Lipinski definition) is 5. The molecule has 28 heavy (non-hydrogen) atoms. The number of rotatable bonds is 5. The Labute approximate surface area is 169 Å². The van der Waals surface area contributed by atoms with Crippen LogP contribution in [0.25, 0.3) is 0 Å². The third kappa shape index (κ3) is 4.58. The van der Waals surface area contributed by atoms with Crippen molar-refractivity contribution in [2.75, 3.05) is 65.4 Å². The minimum Gasteiger partial charge on any atom is -0.338 e. The van der Waals surface area contributed by atoms with Crippen molar-refractivity contribution in [1.29, 1.82) is 0 Å². The van der Waals surface area contributed by atoms with Gasteiger partial charge in [-0.3, -0.25) is 14.4 Å². The number of amides is 1. The summed E-state index contributed by atoms with van der Waals surface area (Å²) in [5, 5.41) is 4.49. The Kier molecular flexibility index (Phi) is 6.33. The SMILES string of the molecule is CCN1CCN(CCN2CCC(N3CCc4cc(C)nn4CC3=O)CC2)CC1. The van der Waals surface area contributed by atoms with Crippen LogP contribution < -0.4 is 0 Å². The second kappa shape index (κ2) is 8.93. The second-order valence-corrected chi connectivity index (χ2v) is 8.62. The van der Waals surface area contributed by atoms with Gasteiger partial charge in [-0.25, -0.2) is 0 Å². The number of carbonyl (C=O) groups excluding carboxylic acids is 1. The fourth-order valence-electron chi connectivity index (χ4n) is 4.97. The molecule has 0 radical (unpaired) electrons. The van der Waals surface area contributed by atoms with Crippen LogP contribution in [0.15, 0.2) is 6.07 Å². The third-order valence-corrected chi connectivity index (χ3v) is 6.84. The van der Waals surface area contributed by atoms with Crippen molar-refractivity contribution >= 4 is 5.91 Å². The van der Waals surface area contributed by atoms with Crippen molar-refractivity contribution < 1.29 is 4.79 Å². The number of carbonyl (C=O) groups is 1. The summed E-state index contributed by atoms with van der Waals surface area (Å²) in [5.41, 5.74) is 2.22. The molecule has 0 spiro atoms. The number of likely N-dealkylation sites (tertiary alicyclic amines) is 1. The molecule has 0 N–H and O–H groups in total. The molecular weight excluding hydrogens is 352 g/mol. The molecule has 0 aliphatic carbocycles. The summed E-state index contributed by atoms with van der Waals surface area (Å²) in [6.07, 6.45) is 3.14. The van der Waals surface area contributed by atoms with Gasteiger partial charge in [-0.2, -0.15) is 5.10 Å². The van der Waals surface area contributed by atoms with E-state index in [0.29, 0.717) is 12.6 Å². The summed E-state index contributed by atoms with van der Waals surface area (Å²) in [6, 6.07) is 2.53. The van der Waals surface area contributed by atoms with E-state index in [9.17, 15) is 4.79 Å². The predicted octanol–water partition coefficient (Wildman–Crippen LogP) is 0.678. The molecular formula is C21H36N6O. The summed E-state index contributed by atoms with van der Waals surface area (Å²) < 4.78 is 1.91. The van der Waals surface area contributed by atoms with Crippen molar-refractivity contribution in [3.05, 3.63) is 17.5 Å². The smallest absolute Gasteiger partial charge is 0.244 e. The molecule has 0 unspecified atom stereocenters. The van der Waals surface area contributed by atoms with Gasteiger partial charge in [-0.15, -0.1) is 0 Å². The average Bonchev–Trinajstić information content (AvgIpc) is 2.99. The van der Waals surface area contributed by atoms with Crippen LogP contribution in [0.1, 0.15) is 31.2 Å². The highest BCUT2D eigenvalue weighted by Crippen LogP contribution is 2.20. The number of hydrogen-bond donors (Lipinski definition) is 0. The molecule has 0 bridgehead atoms. The van der Waals surface area contributed by atoms with E-state index in [2.05, 4.69) is 37.7 Å². The van der Waals surface area contributed by atoms with Crippen LogP contribution in [0.5, 0.6) is 0 Å². The van der Waals surface area contributed by atoms with E-state index < -0.39 is 0 Å². The van der Waals surface area contributed by atoms with Gasteiger partial charge in [0.15, 0.2) is 0 Å². The standard InChI is InChI=1S/C21H36N6O/c1-3-23-10-12-25(13-11-23)15-14-24-7-4-19(5-8-24)26-9-6-20-16-18(2)22-27(20)17-21(26)28/h16,19H,3-15,17H2,1-2H3. The summed E-state index contributed by atoms with van der Waals surface area (Å²) in [5.74, 6) is 0.245. The number of piperazine rings is 1. The lowest BCUT2D eigenvalue weighted by molar-refractivity contribution is -0.134. The summed E-state index contributed by atoms with van der Waals surface area (Å²) in [7, 11) is 0. The molecule has 4 heterocycles. The Morgan fingerprint density at radius 2 is 1.61 bits per heavy atom.